The van der Waals surface area contributed by atoms with Crippen LogP contribution in [0.1, 0.15) is 30.9 Å². The van der Waals surface area contributed by atoms with Crippen molar-refractivity contribution in [3.8, 4) is 5.75 Å². The summed E-state index contributed by atoms with van der Waals surface area (Å²) in [6, 6.07) is 25.0. The first-order valence-electron chi connectivity index (χ1n) is 12.1. The second-order valence-electron chi connectivity index (χ2n) is 8.53. The topological polar surface area (TPSA) is 65.1 Å². The lowest BCUT2D eigenvalue weighted by molar-refractivity contribution is -0.145. The van der Waals surface area contributed by atoms with Gasteiger partial charge < -0.3 is 14.2 Å². The van der Waals surface area contributed by atoms with Gasteiger partial charge in [-0.05, 0) is 80.0 Å². The molecule has 0 fully saturated rings. The molecule has 0 aliphatic heterocycles. The van der Waals surface area contributed by atoms with Gasteiger partial charge in [0.15, 0.2) is 6.61 Å². The summed E-state index contributed by atoms with van der Waals surface area (Å²) in [6.07, 6.45) is 3.15. The summed E-state index contributed by atoms with van der Waals surface area (Å²) >= 11 is 0. The molecule has 1 atom stereocenters. The minimum atomic E-state index is -0.390. The van der Waals surface area contributed by atoms with Crippen molar-refractivity contribution in [3.05, 3.63) is 90.0 Å². The van der Waals surface area contributed by atoms with Crippen LogP contribution < -0.4 is 9.64 Å². The SMILES string of the molecule is CCOC(=O)COc1cccc2c1CCCC(COC(=O)N(c1ccccc1)c1ccccc1)C2. The molecule has 3 aromatic rings. The summed E-state index contributed by atoms with van der Waals surface area (Å²) in [6.45, 7) is 2.35. The first-order valence-corrected chi connectivity index (χ1v) is 12.1. The zero-order chi connectivity index (χ0) is 24.5. The van der Waals surface area contributed by atoms with Gasteiger partial charge in [0.25, 0.3) is 0 Å². The first-order chi connectivity index (χ1) is 17.2. The van der Waals surface area contributed by atoms with E-state index in [0.29, 0.717) is 13.2 Å². The lowest BCUT2D eigenvalue weighted by Crippen LogP contribution is -2.29. The number of amides is 1. The monoisotopic (exact) mass is 473 g/mol. The Hall–Kier alpha value is -3.80. The molecule has 0 heterocycles. The molecule has 6 heteroatoms. The summed E-state index contributed by atoms with van der Waals surface area (Å²) in [7, 11) is 0. The fourth-order valence-electron chi connectivity index (χ4n) is 4.45. The van der Waals surface area contributed by atoms with E-state index in [1.807, 2.05) is 72.8 Å². The molecule has 0 saturated heterocycles. The van der Waals surface area contributed by atoms with Gasteiger partial charge >= 0.3 is 12.1 Å². The van der Waals surface area contributed by atoms with Crippen molar-refractivity contribution in [2.24, 2.45) is 5.92 Å². The van der Waals surface area contributed by atoms with E-state index in [2.05, 4.69) is 6.07 Å². The zero-order valence-corrected chi connectivity index (χ0v) is 20.0. The Balaban J connectivity index is 1.43. The predicted molar refractivity (Wildman–Crippen MR) is 135 cm³/mol. The molecule has 35 heavy (non-hydrogen) atoms. The van der Waals surface area contributed by atoms with Crippen LogP contribution in [-0.2, 0) is 27.1 Å². The summed E-state index contributed by atoms with van der Waals surface area (Å²) < 4.78 is 16.6. The number of hydrogen-bond acceptors (Lipinski definition) is 5. The Labute approximate surface area is 206 Å². The Morgan fingerprint density at radius 3 is 2.23 bits per heavy atom. The van der Waals surface area contributed by atoms with E-state index >= 15 is 0 Å². The minimum Gasteiger partial charge on any atom is -0.482 e. The van der Waals surface area contributed by atoms with Gasteiger partial charge in [-0.15, -0.1) is 0 Å². The van der Waals surface area contributed by atoms with Crippen LogP contribution in [-0.4, -0.2) is 31.9 Å². The van der Waals surface area contributed by atoms with E-state index in [1.165, 1.54) is 5.56 Å². The maximum atomic E-state index is 13.2. The Bertz CT molecular complexity index is 1080. The quantitative estimate of drug-likeness (QED) is 0.292. The maximum Gasteiger partial charge on any atom is 0.418 e. The van der Waals surface area contributed by atoms with Crippen molar-refractivity contribution in [1.82, 2.24) is 0 Å². The molecule has 1 amide bonds. The number of benzene rings is 3. The summed E-state index contributed by atoms with van der Waals surface area (Å²) in [5, 5.41) is 0. The minimum absolute atomic E-state index is 0.0971. The van der Waals surface area contributed by atoms with Crippen LogP contribution in [0.2, 0.25) is 0 Å². The average Bonchev–Trinajstić information content (AvgIpc) is 3.10. The van der Waals surface area contributed by atoms with E-state index < -0.39 is 6.09 Å². The van der Waals surface area contributed by atoms with Gasteiger partial charge in [0.1, 0.15) is 5.75 Å². The smallest absolute Gasteiger partial charge is 0.418 e. The number of anilines is 2. The third-order valence-corrected chi connectivity index (χ3v) is 6.08. The van der Waals surface area contributed by atoms with Crippen LogP contribution in [0.25, 0.3) is 0 Å². The number of para-hydroxylation sites is 2. The second-order valence-corrected chi connectivity index (χ2v) is 8.53. The molecule has 1 aliphatic rings. The highest BCUT2D eigenvalue weighted by Crippen LogP contribution is 2.32. The Kier molecular flexibility index (Phi) is 8.39. The molecule has 6 nitrogen and oxygen atoms in total. The Morgan fingerprint density at radius 1 is 0.886 bits per heavy atom. The number of rotatable bonds is 8. The van der Waals surface area contributed by atoms with Gasteiger partial charge in [0, 0.05) is 0 Å². The van der Waals surface area contributed by atoms with Crippen LogP contribution in [0.3, 0.4) is 0 Å². The van der Waals surface area contributed by atoms with Crippen LogP contribution in [0.4, 0.5) is 16.2 Å². The second kappa shape index (κ2) is 12.1. The summed E-state index contributed by atoms with van der Waals surface area (Å²) in [5.74, 6) is 0.561. The van der Waals surface area contributed by atoms with E-state index in [0.717, 1.165) is 48.4 Å². The molecule has 3 aromatic carbocycles. The zero-order valence-electron chi connectivity index (χ0n) is 20.0. The standard InChI is InChI=1S/C29H31NO5/c1-2-33-28(31)21-34-27-18-10-12-23-19-22(11-9-17-26(23)27)20-35-29(32)30(24-13-5-3-6-14-24)25-15-7-4-8-16-25/h3-8,10,12-16,18,22H,2,9,11,17,19-21H2,1H3. The van der Waals surface area contributed by atoms with Crippen molar-refractivity contribution in [3.63, 3.8) is 0 Å². The van der Waals surface area contributed by atoms with Gasteiger partial charge in [-0.1, -0.05) is 48.5 Å². The van der Waals surface area contributed by atoms with Crippen LogP contribution in [0.15, 0.2) is 78.9 Å². The lowest BCUT2D eigenvalue weighted by atomic mass is 9.97. The molecule has 182 valence electrons. The summed E-state index contributed by atoms with van der Waals surface area (Å²) in [5.41, 5.74) is 3.82. The number of ether oxygens (including phenoxy) is 3. The van der Waals surface area contributed by atoms with Crippen molar-refractivity contribution in [2.75, 3.05) is 24.7 Å². The van der Waals surface area contributed by atoms with E-state index in [1.54, 1.807) is 11.8 Å². The van der Waals surface area contributed by atoms with Gasteiger partial charge in [-0.2, -0.15) is 0 Å². The van der Waals surface area contributed by atoms with Gasteiger partial charge in [0.2, 0.25) is 0 Å². The molecule has 0 spiro atoms. The number of esters is 1. The van der Waals surface area contributed by atoms with Gasteiger partial charge in [0.05, 0.1) is 24.6 Å². The average molecular weight is 474 g/mol. The molecular formula is C29H31NO5. The number of hydrogen-bond donors (Lipinski definition) is 0. The fraction of sp³-hybridized carbons (Fsp3) is 0.310. The van der Waals surface area contributed by atoms with Crippen molar-refractivity contribution >= 4 is 23.4 Å². The highest BCUT2D eigenvalue weighted by Gasteiger charge is 2.24. The molecular weight excluding hydrogens is 442 g/mol. The van der Waals surface area contributed by atoms with Gasteiger partial charge in [-0.25, -0.2) is 14.5 Å². The van der Waals surface area contributed by atoms with Crippen molar-refractivity contribution in [2.45, 2.75) is 32.6 Å². The molecule has 0 N–H and O–H groups in total. The molecule has 0 saturated carbocycles. The number of nitrogens with zero attached hydrogens (tertiary/aromatic N) is 1. The first kappa shape index (κ1) is 24.3. The van der Waals surface area contributed by atoms with E-state index in [9.17, 15) is 9.59 Å². The summed E-state index contributed by atoms with van der Waals surface area (Å²) in [4.78, 5) is 26.5. The van der Waals surface area contributed by atoms with Crippen molar-refractivity contribution < 1.29 is 23.8 Å². The normalized spacial score (nSPS) is 14.8. The fourth-order valence-corrected chi connectivity index (χ4v) is 4.45. The third kappa shape index (κ3) is 6.41. The van der Waals surface area contributed by atoms with E-state index in [4.69, 9.17) is 14.2 Å². The van der Waals surface area contributed by atoms with Crippen LogP contribution in [0, 0.1) is 5.92 Å². The highest BCUT2D eigenvalue weighted by atomic mass is 16.6. The van der Waals surface area contributed by atoms with E-state index in [-0.39, 0.29) is 18.5 Å². The number of fused-ring (bicyclic) bond motifs is 1. The molecule has 0 radical (unpaired) electrons. The van der Waals surface area contributed by atoms with Crippen LogP contribution >= 0.6 is 0 Å². The lowest BCUT2D eigenvalue weighted by Gasteiger charge is -2.24. The van der Waals surface area contributed by atoms with Crippen LogP contribution in [0.5, 0.6) is 5.75 Å². The number of carbonyl (C=O) groups is 2. The molecule has 1 aliphatic carbocycles. The Morgan fingerprint density at radius 2 is 1.57 bits per heavy atom. The largest absolute Gasteiger partial charge is 0.482 e. The maximum absolute atomic E-state index is 13.2. The third-order valence-electron chi connectivity index (χ3n) is 6.08. The molecule has 1 unspecified atom stereocenters. The molecule has 0 bridgehead atoms. The van der Waals surface area contributed by atoms with Gasteiger partial charge in [-0.3, -0.25) is 0 Å². The highest BCUT2D eigenvalue weighted by molar-refractivity contribution is 5.95. The number of carbonyl (C=O) groups excluding carboxylic acids is 2. The molecule has 0 aromatic heterocycles. The van der Waals surface area contributed by atoms with Crippen molar-refractivity contribution in [1.29, 1.82) is 0 Å². The predicted octanol–water partition coefficient (Wildman–Crippen LogP) is 6.10. The molecule has 4 rings (SSSR count).